The summed E-state index contributed by atoms with van der Waals surface area (Å²) in [7, 11) is 0. The summed E-state index contributed by atoms with van der Waals surface area (Å²) >= 11 is 0. The summed E-state index contributed by atoms with van der Waals surface area (Å²) in [6.45, 7) is 6.50. The van der Waals surface area contributed by atoms with Crippen LogP contribution < -0.4 is 0 Å². The van der Waals surface area contributed by atoms with Crippen molar-refractivity contribution in [1.29, 1.82) is 0 Å². The van der Waals surface area contributed by atoms with Crippen LogP contribution >= 0.6 is 0 Å². The van der Waals surface area contributed by atoms with Gasteiger partial charge in [0, 0.05) is 19.3 Å². The SMILES string of the molecule is CC/C=C\C/C=C\C/C=C\CCCCCCCCCC(=O)OC(COC(=O)CCCCCCC/C=C\C/C=C\CCC)COC(=O)CCCCCCCCCCCCCCCCCCCCCCCCCCCCCCC. The van der Waals surface area contributed by atoms with Crippen molar-refractivity contribution in [3.8, 4) is 0 Å². The quantitative estimate of drug-likeness (QED) is 0.0261. The zero-order valence-electron chi connectivity index (χ0n) is 51.5. The lowest BCUT2D eigenvalue weighted by Gasteiger charge is -2.18. The number of hydrogen-bond donors (Lipinski definition) is 0. The molecule has 0 aliphatic heterocycles. The zero-order valence-corrected chi connectivity index (χ0v) is 51.5. The summed E-state index contributed by atoms with van der Waals surface area (Å²) in [5, 5.41) is 0. The van der Waals surface area contributed by atoms with Gasteiger partial charge in [0.25, 0.3) is 0 Å². The number of carbonyl (C=O) groups excluding carboxylic acids is 3. The average Bonchev–Trinajstić information content (AvgIpc) is 3.43. The van der Waals surface area contributed by atoms with Gasteiger partial charge in [-0.3, -0.25) is 14.4 Å². The molecule has 1 unspecified atom stereocenters. The number of allylic oxidation sites excluding steroid dienone is 10. The number of carbonyl (C=O) groups is 3. The standard InChI is InChI=1S/C71H128O6/c1-4-7-10-13-16-19-22-25-27-29-30-31-32-33-34-35-36-37-38-39-40-42-43-46-49-52-55-58-61-64-70(73)76-67-68(66-75-69(72)63-60-57-54-51-48-45-24-21-18-15-12-9-6-3)77-71(74)65-62-59-56-53-50-47-44-41-28-26-23-20-17-14-11-8-5-2/h8,11-12,15,17,20-21,24,26,28,68H,4-7,9-10,13-14,16,18-19,22-23,25,27,29-67H2,1-3H3/b11-8-,15-12-,20-17-,24-21-,28-26-. The number of rotatable bonds is 62. The van der Waals surface area contributed by atoms with Crippen LogP contribution in [-0.4, -0.2) is 37.2 Å². The Labute approximate surface area is 479 Å². The molecule has 0 aromatic heterocycles. The van der Waals surface area contributed by atoms with E-state index < -0.39 is 6.10 Å². The molecule has 0 aliphatic carbocycles. The second-order valence-corrected chi connectivity index (χ2v) is 22.7. The van der Waals surface area contributed by atoms with Crippen LogP contribution in [0.2, 0.25) is 0 Å². The molecule has 0 heterocycles. The van der Waals surface area contributed by atoms with E-state index in [1.807, 2.05) is 0 Å². The Balaban J connectivity index is 4.18. The van der Waals surface area contributed by atoms with Crippen LogP contribution in [0.25, 0.3) is 0 Å². The first kappa shape index (κ1) is 74.1. The van der Waals surface area contributed by atoms with E-state index in [1.165, 1.54) is 205 Å². The summed E-state index contributed by atoms with van der Waals surface area (Å²) in [4.78, 5) is 38.3. The Morgan fingerprint density at radius 3 is 0.844 bits per heavy atom. The number of unbranched alkanes of at least 4 members (excludes halogenated alkanes) is 41. The van der Waals surface area contributed by atoms with Gasteiger partial charge in [-0.15, -0.1) is 0 Å². The first-order chi connectivity index (χ1) is 38.0. The molecule has 0 aromatic rings. The highest BCUT2D eigenvalue weighted by atomic mass is 16.6. The highest BCUT2D eigenvalue weighted by Gasteiger charge is 2.19. The van der Waals surface area contributed by atoms with E-state index in [2.05, 4.69) is 81.5 Å². The van der Waals surface area contributed by atoms with E-state index in [-0.39, 0.29) is 31.1 Å². The maximum Gasteiger partial charge on any atom is 0.306 e. The summed E-state index contributed by atoms with van der Waals surface area (Å²) in [5.41, 5.74) is 0. The summed E-state index contributed by atoms with van der Waals surface area (Å²) in [5.74, 6) is -0.887. The maximum atomic E-state index is 12.9. The Kier molecular flexibility index (Phi) is 63.2. The molecule has 0 N–H and O–H groups in total. The third-order valence-corrected chi connectivity index (χ3v) is 15.0. The largest absolute Gasteiger partial charge is 0.462 e. The molecule has 6 nitrogen and oxygen atoms in total. The van der Waals surface area contributed by atoms with Crippen molar-refractivity contribution < 1.29 is 28.6 Å². The molecule has 0 rings (SSSR count). The second kappa shape index (κ2) is 65.6. The fourth-order valence-electron chi connectivity index (χ4n) is 9.97. The minimum absolute atomic E-state index is 0.0799. The lowest BCUT2D eigenvalue weighted by atomic mass is 10.0. The predicted octanol–water partition coefficient (Wildman–Crippen LogP) is 23.1. The van der Waals surface area contributed by atoms with Crippen molar-refractivity contribution in [1.82, 2.24) is 0 Å². The minimum Gasteiger partial charge on any atom is -0.462 e. The van der Waals surface area contributed by atoms with Gasteiger partial charge in [0.05, 0.1) is 0 Å². The first-order valence-corrected chi connectivity index (χ1v) is 33.8. The molecule has 0 amide bonds. The van der Waals surface area contributed by atoms with E-state index in [1.54, 1.807) is 0 Å². The molecule has 0 radical (unpaired) electrons. The Morgan fingerprint density at radius 1 is 0.273 bits per heavy atom. The molecule has 77 heavy (non-hydrogen) atoms. The molecule has 0 saturated heterocycles. The fourth-order valence-corrected chi connectivity index (χ4v) is 9.97. The summed E-state index contributed by atoms with van der Waals surface area (Å²) in [6.07, 6.45) is 84.0. The van der Waals surface area contributed by atoms with Gasteiger partial charge in [-0.1, -0.05) is 319 Å². The van der Waals surface area contributed by atoms with Crippen LogP contribution in [0.4, 0.5) is 0 Å². The molecule has 0 bridgehead atoms. The molecule has 1 atom stereocenters. The topological polar surface area (TPSA) is 78.9 Å². The van der Waals surface area contributed by atoms with E-state index in [0.717, 1.165) is 109 Å². The van der Waals surface area contributed by atoms with Crippen LogP contribution in [0, 0.1) is 0 Å². The van der Waals surface area contributed by atoms with E-state index >= 15 is 0 Å². The molecular formula is C71H128O6. The lowest BCUT2D eigenvalue weighted by Crippen LogP contribution is -2.30. The molecule has 0 aromatic carbocycles. The van der Waals surface area contributed by atoms with Gasteiger partial charge in [0.1, 0.15) is 13.2 Å². The van der Waals surface area contributed by atoms with Gasteiger partial charge in [0.15, 0.2) is 6.10 Å². The predicted molar refractivity (Wildman–Crippen MR) is 335 cm³/mol. The molecule has 0 saturated carbocycles. The van der Waals surface area contributed by atoms with Gasteiger partial charge in [-0.2, -0.15) is 0 Å². The van der Waals surface area contributed by atoms with Crippen molar-refractivity contribution in [2.24, 2.45) is 0 Å². The average molecular weight is 1080 g/mol. The normalized spacial score (nSPS) is 12.4. The summed E-state index contributed by atoms with van der Waals surface area (Å²) in [6, 6.07) is 0. The molecular weight excluding hydrogens is 949 g/mol. The molecule has 0 spiro atoms. The van der Waals surface area contributed by atoms with Crippen LogP contribution in [-0.2, 0) is 28.6 Å². The van der Waals surface area contributed by atoms with Crippen molar-refractivity contribution in [3.63, 3.8) is 0 Å². The van der Waals surface area contributed by atoms with Crippen molar-refractivity contribution in [2.75, 3.05) is 13.2 Å². The van der Waals surface area contributed by atoms with Gasteiger partial charge < -0.3 is 14.2 Å². The first-order valence-electron chi connectivity index (χ1n) is 33.8. The highest BCUT2D eigenvalue weighted by molar-refractivity contribution is 5.71. The van der Waals surface area contributed by atoms with Crippen LogP contribution in [0.1, 0.15) is 355 Å². The summed E-state index contributed by atoms with van der Waals surface area (Å²) < 4.78 is 16.9. The smallest absolute Gasteiger partial charge is 0.306 e. The zero-order chi connectivity index (χ0) is 55.7. The molecule has 448 valence electrons. The van der Waals surface area contributed by atoms with E-state index in [0.29, 0.717) is 19.3 Å². The monoisotopic (exact) mass is 1080 g/mol. The van der Waals surface area contributed by atoms with Crippen LogP contribution in [0.15, 0.2) is 60.8 Å². The van der Waals surface area contributed by atoms with Gasteiger partial charge in [-0.05, 0) is 77.0 Å². The Morgan fingerprint density at radius 2 is 0.532 bits per heavy atom. The molecule has 0 fully saturated rings. The maximum absolute atomic E-state index is 12.9. The second-order valence-electron chi connectivity index (χ2n) is 22.7. The number of hydrogen-bond acceptors (Lipinski definition) is 6. The Bertz CT molecular complexity index is 1380. The van der Waals surface area contributed by atoms with Crippen molar-refractivity contribution in [2.45, 2.75) is 361 Å². The third kappa shape index (κ3) is 63.8. The molecule has 6 heteroatoms. The third-order valence-electron chi connectivity index (χ3n) is 15.0. The fraction of sp³-hybridized carbons (Fsp3) is 0.817. The minimum atomic E-state index is -0.785. The van der Waals surface area contributed by atoms with Gasteiger partial charge in [0.2, 0.25) is 0 Å². The number of ether oxygens (including phenoxy) is 3. The van der Waals surface area contributed by atoms with Crippen LogP contribution in [0.3, 0.4) is 0 Å². The van der Waals surface area contributed by atoms with Crippen molar-refractivity contribution >= 4 is 17.9 Å². The van der Waals surface area contributed by atoms with Crippen LogP contribution in [0.5, 0.6) is 0 Å². The molecule has 0 aliphatic rings. The van der Waals surface area contributed by atoms with Gasteiger partial charge >= 0.3 is 17.9 Å². The highest BCUT2D eigenvalue weighted by Crippen LogP contribution is 2.18. The Hall–Kier alpha value is -2.89. The lowest BCUT2D eigenvalue weighted by molar-refractivity contribution is -0.167. The van der Waals surface area contributed by atoms with Gasteiger partial charge in [-0.25, -0.2) is 0 Å². The van der Waals surface area contributed by atoms with E-state index in [9.17, 15) is 14.4 Å². The van der Waals surface area contributed by atoms with E-state index in [4.69, 9.17) is 14.2 Å². The number of esters is 3. The van der Waals surface area contributed by atoms with Crippen molar-refractivity contribution in [3.05, 3.63) is 60.8 Å².